The molecule has 160 valence electrons. The first-order valence-electron chi connectivity index (χ1n) is 9.88. The number of rotatable bonds is 9. The van der Waals surface area contributed by atoms with Gasteiger partial charge in [0.15, 0.2) is 6.61 Å². The maximum atomic E-state index is 12.4. The highest BCUT2D eigenvalue weighted by Gasteiger charge is 2.26. The van der Waals surface area contributed by atoms with Crippen molar-refractivity contribution in [3.05, 3.63) is 96.1 Å². The monoisotopic (exact) mass is 419 g/mol. The van der Waals surface area contributed by atoms with E-state index in [0.717, 1.165) is 5.56 Å². The number of ether oxygens (including phenoxy) is 3. The summed E-state index contributed by atoms with van der Waals surface area (Å²) >= 11 is 0. The second kappa shape index (κ2) is 10.8. The van der Waals surface area contributed by atoms with Crippen LogP contribution in [0.25, 0.3) is 0 Å². The standard InChI is InChI=1S/C25H25NO5/c1-26(2)25(28)24(20-11-7-4-8-12-20)31-23(27)18-30-22-15-13-21(14-16-22)29-17-19-9-5-3-6-10-19/h3-16,24H,17-18H2,1-2H3. The van der Waals surface area contributed by atoms with E-state index >= 15 is 0 Å². The zero-order chi connectivity index (χ0) is 22.1. The largest absolute Gasteiger partial charge is 0.489 e. The number of carbonyl (C=O) groups is 2. The summed E-state index contributed by atoms with van der Waals surface area (Å²) in [6.07, 6.45) is -1.01. The lowest BCUT2D eigenvalue weighted by atomic mass is 10.1. The first-order chi connectivity index (χ1) is 15.0. The van der Waals surface area contributed by atoms with Gasteiger partial charge < -0.3 is 19.1 Å². The highest BCUT2D eigenvalue weighted by molar-refractivity contribution is 5.85. The van der Waals surface area contributed by atoms with Crippen LogP contribution in [0.2, 0.25) is 0 Å². The number of nitrogens with zero attached hydrogens (tertiary/aromatic N) is 1. The highest BCUT2D eigenvalue weighted by atomic mass is 16.6. The van der Waals surface area contributed by atoms with Crippen LogP contribution in [0.15, 0.2) is 84.9 Å². The molecular formula is C25H25NO5. The fourth-order valence-electron chi connectivity index (χ4n) is 2.80. The van der Waals surface area contributed by atoms with Crippen molar-refractivity contribution < 1.29 is 23.8 Å². The predicted octanol–water partition coefficient (Wildman–Crippen LogP) is 4.02. The van der Waals surface area contributed by atoms with E-state index < -0.39 is 12.1 Å². The molecule has 0 aliphatic carbocycles. The molecule has 6 heteroatoms. The minimum Gasteiger partial charge on any atom is -0.489 e. The molecule has 1 amide bonds. The lowest BCUT2D eigenvalue weighted by molar-refractivity contribution is -0.161. The van der Waals surface area contributed by atoms with Crippen LogP contribution in [0.4, 0.5) is 0 Å². The van der Waals surface area contributed by atoms with E-state index in [1.54, 1.807) is 62.6 Å². The van der Waals surface area contributed by atoms with Gasteiger partial charge in [-0.2, -0.15) is 0 Å². The maximum Gasteiger partial charge on any atom is 0.345 e. The normalized spacial score (nSPS) is 11.3. The summed E-state index contributed by atoms with van der Waals surface area (Å²) in [6.45, 7) is 0.155. The smallest absolute Gasteiger partial charge is 0.345 e. The Balaban J connectivity index is 1.52. The molecule has 0 aromatic heterocycles. The van der Waals surface area contributed by atoms with Crippen molar-refractivity contribution in [2.24, 2.45) is 0 Å². The minimum atomic E-state index is -1.01. The van der Waals surface area contributed by atoms with Crippen LogP contribution < -0.4 is 9.47 Å². The summed E-state index contributed by atoms with van der Waals surface area (Å²) < 4.78 is 16.7. The molecule has 31 heavy (non-hydrogen) atoms. The number of hydrogen-bond acceptors (Lipinski definition) is 5. The SMILES string of the molecule is CN(C)C(=O)C(OC(=O)COc1ccc(OCc2ccccc2)cc1)c1ccccc1. The molecule has 0 aliphatic rings. The fourth-order valence-corrected chi connectivity index (χ4v) is 2.80. The van der Waals surface area contributed by atoms with E-state index in [2.05, 4.69) is 0 Å². The molecule has 0 bridgehead atoms. The van der Waals surface area contributed by atoms with Gasteiger partial charge >= 0.3 is 5.97 Å². The predicted molar refractivity (Wildman–Crippen MR) is 117 cm³/mol. The van der Waals surface area contributed by atoms with Crippen LogP contribution in [0.3, 0.4) is 0 Å². The molecule has 0 saturated heterocycles. The van der Waals surface area contributed by atoms with Crippen LogP contribution in [-0.2, 0) is 20.9 Å². The molecule has 3 rings (SSSR count). The first-order valence-corrected chi connectivity index (χ1v) is 9.88. The van der Waals surface area contributed by atoms with E-state index in [-0.39, 0.29) is 12.5 Å². The van der Waals surface area contributed by atoms with E-state index in [1.165, 1.54) is 4.90 Å². The quantitative estimate of drug-likeness (QED) is 0.490. The molecule has 0 aliphatic heterocycles. The van der Waals surface area contributed by atoms with Crippen LogP contribution in [0, 0.1) is 0 Å². The van der Waals surface area contributed by atoms with E-state index in [1.807, 2.05) is 36.4 Å². The van der Waals surface area contributed by atoms with Gasteiger partial charge in [-0.05, 0) is 29.8 Å². The summed E-state index contributed by atoms with van der Waals surface area (Å²) in [7, 11) is 3.23. The Kier molecular flexibility index (Phi) is 7.65. The van der Waals surface area contributed by atoms with Gasteiger partial charge in [0.25, 0.3) is 5.91 Å². The summed E-state index contributed by atoms with van der Waals surface area (Å²) in [6, 6.07) is 25.7. The second-order valence-corrected chi connectivity index (χ2v) is 7.05. The van der Waals surface area contributed by atoms with Gasteiger partial charge in [0.05, 0.1) is 0 Å². The third-order valence-corrected chi connectivity index (χ3v) is 4.45. The van der Waals surface area contributed by atoms with Gasteiger partial charge in [-0.1, -0.05) is 60.7 Å². The second-order valence-electron chi connectivity index (χ2n) is 7.05. The zero-order valence-corrected chi connectivity index (χ0v) is 17.6. The Morgan fingerprint density at radius 2 is 1.32 bits per heavy atom. The topological polar surface area (TPSA) is 65.1 Å². The van der Waals surface area contributed by atoms with Crippen molar-refractivity contribution in [2.75, 3.05) is 20.7 Å². The summed E-state index contributed by atoms with van der Waals surface area (Å²) in [4.78, 5) is 26.1. The Morgan fingerprint density at radius 3 is 1.90 bits per heavy atom. The lowest BCUT2D eigenvalue weighted by Gasteiger charge is -2.21. The number of likely N-dealkylation sites (N-methyl/N-ethyl adjacent to an activating group) is 1. The van der Waals surface area contributed by atoms with Crippen molar-refractivity contribution in [2.45, 2.75) is 12.7 Å². The molecule has 0 spiro atoms. The lowest BCUT2D eigenvalue weighted by Crippen LogP contribution is -2.32. The molecule has 6 nitrogen and oxygen atoms in total. The molecule has 3 aromatic carbocycles. The van der Waals surface area contributed by atoms with Crippen molar-refractivity contribution >= 4 is 11.9 Å². The van der Waals surface area contributed by atoms with E-state index in [9.17, 15) is 9.59 Å². The van der Waals surface area contributed by atoms with Gasteiger partial charge in [-0.15, -0.1) is 0 Å². The third kappa shape index (κ3) is 6.60. The molecule has 0 heterocycles. The Hall–Kier alpha value is -3.80. The van der Waals surface area contributed by atoms with Crippen LogP contribution in [0.1, 0.15) is 17.2 Å². The van der Waals surface area contributed by atoms with E-state index in [4.69, 9.17) is 14.2 Å². The van der Waals surface area contributed by atoms with Crippen LogP contribution in [0.5, 0.6) is 11.5 Å². The van der Waals surface area contributed by atoms with Crippen molar-refractivity contribution in [1.82, 2.24) is 4.90 Å². The van der Waals surface area contributed by atoms with Gasteiger partial charge in [0, 0.05) is 19.7 Å². The number of benzene rings is 3. The molecule has 3 aromatic rings. The average Bonchev–Trinajstić information content (AvgIpc) is 2.81. The number of carbonyl (C=O) groups excluding carboxylic acids is 2. The third-order valence-electron chi connectivity index (χ3n) is 4.45. The van der Waals surface area contributed by atoms with Crippen molar-refractivity contribution in [3.8, 4) is 11.5 Å². The number of hydrogen-bond donors (Lipinski definition) is 0. The molecule has 0 radical (unpaired) electrons. The van der Waals surface area contributed by atoms with Crippen LogP contribution in [-0.4, -0.2) is 37.5 Å². The Labute approximate surface area is 182 Å². The summed E-state index contributed by atoms with van der Waals surface area (Å²) in [5, 5.41) is 0. The molecule has 0 saturated carbocycles. The summed E-state index contributed by atoms with van der Waals surface area (Å²) in [5.74, 6) is 0.242. The number of esters is 1. The minimum absolute atomic E-state index is 0.311. The van der Waals surface area contributed by atoms with Gasteiger partial charge in [0.2, 0.25) is 6.10 Å². The van der Waals surface area contributed by atoms with Gasteiger partial charge in [-0.3, -0.25) is 4.79 Å². The van der Waals surface area contributed by atoms with Crippen molar-refractivity contribution in [1.29, 1.82) is 0 Å². The number of amides is 1. The van der Waals surface area contributed by atoms with E-state index in [0.29, 0.717) is 23.7 Å². The molecule has 0 N–H and O–H groups in total. The molecule has 1 atom stereocenters. The van der Waals surface area contributed by atoms with Gasteiger partial charge in [0.1, 0.15) is 18.1 Å². The Morgan fingerprint density at radius 1 is 0.774 bits per heavy atom. The average molecular weight is 419 g/mol. The molecular weight excluding hydrogens is 394 g/mol. The highest BCUT2D eigenvalue weighted by Crippen LogP contribution is 2.21. The first kappa shape index (κ1) is 21.9. The van der Waals surface area contributed by atoms with Gasteiger partial charge in [-0.25, -0.2) is 4.79 Å². The Bertz CT molecular complexity index is 972. The van der Waals surface area contributed by atoms with Crippen LogP contribution >= 0.6 is 0 Å². The summed E-state index contributed by atoms with van der Waals surface area (Å²) in [5.41, 5.74) is 1.68. The fraction of sp³-hybridized carbons (Fsp3) is 0.200. The van der Waals surface area contributed by atoms with Crippen molar-refractivity contribution in [3.63, 3.8) is 0 Å². The molecule has 1 unspecified atom stereocenters. The zero-order valence-electron chi connectivity index (χ0n) is 17.6. The molecule has 0 fully saturated rings. The maximum absolute atomic E-state index is 12.4.